The Balaban J connectivity index is 1.56. The number of halogens is 1. The highest BCUT2D eigenvalue weighted by atomic mass is 35.5. The third kappa shape index (κ3) is 3.57. The number of hydrogen-bond donors (Lipinski definition) is 1. The topological polar surface area (TPSA) is 74.8 Å². The van der Waals surface area contributed by atoms with E-state index in [2.05, 4.69) is 20.2 Å². The van der Waals surface area contributed by atoms with Gasteiger partial charge in [-0.25, -0.2) is 0 Å². The predicted octanol–water partition coefficient (Wildman–Crippen LogP) is 3.90. The SMILES string of the molecule is C[C@@]1(Cc2ccc(Cl)cc2)CCCN(c2n[nH]c(-c3ccncc3)n2)C1=O. The summed E-state index contributed by atoms with van der Waals surface area (Å²) in [5, 5.41) is 7.91. The summed E-state index contributed by atoms with van der Waals surface area (Å²) in [6, 6.07) is 11.4. The van der Waals surface area contributed by atoms with Crippen LogP contribution >= 0.6 is 11.6 Å². The number of aromatic amines is 1. The van der Waals surface area contributed by atoms with E-state index < -0.39 is 5.41 Å². The second-order valence-electron chi connectivity index (χ2n) is 7.14. The molecule has 0 saturated carbocycles. The quantitative estimate of drug-likeness (QED) is 0.743. The summed E-state index contributed by atoms with van der Waals surface area (Å²) in [5.41, 5.74) is 1.51. The molecular formula is C20H20ClN5O. The van der Waals surface area contributed by atoms with E-state index in [0.717, 1.165) is 24.0 Å². The van der Waals surface area contributed by atoms with Crippen LogP contribution in [0.4, 0.5) is 5.95 Å². The molecule has 0 radical (unpaired) electrons. The molecule has 1 fully saturated rings. The summed E-state index contributed by atoms with van der Waals surface area (Å²) >= 11 is 5.97. The number of nitrogens with zero attached hydrogens (tertiary/aromatic N) is 4. The molecule has 27 heavy (non-hydrogen) atoms. The van der Waals surface area contributed by atoms with E-state index in [1.807, 2.05) is 43.3 Å². The molecule has 3 heterocycles. The van der Waals surface area contributed by atoms with Gasteiger partial charge < -0.3 is 0 Å². The molecule has 0 unspecified atom stereocenters. The molecule has 7 heteroatoms. The summed E-state index contributed by atoms with van der Waals surface area (Å²) < 4.78 is 0. The van der Waals surface area contributed by atoms with Gasteiger partial charge in [-0.05, 0) is 49.1 Å². The number of rotatable bonds is 4. The number of carbonyl (C=O) groups excluding carboxylic acids is 1. The van der Waals surface area contributed by atoms with Gasteiger partial charge in [0.2, 0.25) is 5.91 Å². The number of piperidine rings is 1. The van der Waals surface area contributed by atoms with Gasteiger partial charge in [0.15, 0.2) is 5.82 Å². The average molecular weight is 382 g/mol. The Morgan fingerprint density at radius 1 is 1.19 bits per heavy atom. The zero-order valence-corrected chi connectivity index (χ0v) is 15.8. The molecule has 1 saturated heterocycles. The van der Waals surface area contributed by atoms with Crippen LogP contribution in [0.15, 0.2) is 48.8 Å². The van der Waals surface area contributed by atoms with Gasteiger partial charge in [0.1, 0.15) is 0 Å². The standard InChI is InChI=1S/C20H20ClN5O/c1-20(13-14-3-5-16(21)6-4-14)9-2-12-26(18(20)27)19-23-17(24-25-19)15-7-10-22-11-8-15/h3-8,10-11H,2,9,12-13H2,1H3,(H,23,24,25)/t20-/m0/s1. The number of pyridine rings is 1. The highest BCUT2D eigenvalue weighted by molar-refractivity contribution is 6.30. The zero-order chi connectivity index (χ0) is 18.9. The molecule has 1 atom stereocenters. The van der Waals surface area contributed by atoms with Gasteiger partial charge in [0.05, 0.1) is 5.41 Å². The van der Waals surface area contributed by atoms with Gasteiger partial charge in [-0.2, -0.15) is 4.98 Å². The van der Waals surface area contributed by atoms with Gasteiger partial charge >= 0.3 is 0 Å². The first-order valence-corrected chi connectivity index (χ1v) is 9.32. The minimum Gasteiger partial charge on any atom is -0.279 e. The molecule has 0 aliphatic carbocycles. The summed E-state index contributed by atoms with van der Waals surface area (Å²) in [4.78, 5) is 23.5. The van der Waals surface area contributed by atoms with Gasteiger partial charge in [-0.1, -0.05) is 30.7 Å². The molecule has 1 aromatic carbocycles. The molecular weight excluding hydrogens is 362 g/mol. The third-order valence-electron chi connectivity index (χ3n) is 5.05. The number of aromatic nitrogens is 4. The van der Waals surface area contributed by atoms with E-state index in [4.69, 9.17) is 11.6 Å². The monoisotopic (exact) mass is 381 g/mol. The molecule has 1 amide bonds. The second-order valence-corrected chi connectivity index (χ2v) is 7.58. The maximum Gasteiger partial charge on any atom is 0.251 e. The van der Waals surface area contributed by atoms with Crippen molar-refractivity contribution in [2.75, 3.05) is 11.4 Å². The number of hydrogen-bond acceptors (Lipinski definition) is 4. The van der Waals surface area contributed by atoms with Crippen LogP contribution < -0.4 is 4.90 Å². The Bertz CT molecular complexity index is 941. The van der Waals surface area contributed by atoms with Crippen LogP contribution in [0.1, 0.15) is 25.3 Å². The third-order valence-corrected chi connectivity index (χ3v) is 5.30. The summed E-state index contributed by atoms with van der Waals surface area (Å²) in [5.74, 6) is 1.11. The highest BCUT2D eigenvalue weighted by Crippen LogP contribution is 2.36. The Morgan fingerprint density at radius 3 is 2.67 bits per heavy atom. The van der Waals surface area contributed by atoms with Crippen molar-refractivity contribution in [3.05, 3.63) is 59.4 Å². The minimum atomic E-state index is -0.483. The first kappa shape index (κ1) is 17.7. The highest BCUT2D eigenvalue weighted by Gasteiger charge is 2.41. The molecule has 138 valence electrons. The number of anilines is 1. The molecule has 0 bridgehead atoms. The number of amides is 1. The van der Waals surface area contributed by atoms with E-state index in [1.54, 1.807) is 17.3 Å². The van der Waals surface area contributed by atoms with Crippen molar-refractivity contribution in [1.29, 1.82) is 0 Å². The lowest BCUT2D eigenvalue weighted by atomic mass is 9.76. The van der Waals surface area contributed by atoms with Gasteiger partial charge in [-0.3, -0.25) is 19.8 Å². The van der Waals surface area contributed by atoms with Crippen LogP contribution in [-0.4, -0.2) is 32.6 Å². The van der Waals surface area contributed by atoms with Gasteiger partial charge in [0.25, 0.3) is 5.95 Å². The average Bonchev–Trinajstić information content (AvgIpc) is 3.17. The molecule has 6 nitrogen and oxygen atoms in total. The van der Waals surface area contributed by atoms with Crippen LogP contribution in [0.5, 0.6) is 0 Å². The Morgan fingerprint density at radius 2 is 1.93 bits per heavy atom. The number of nitrogens with one attached hydrogen (secondary N) is 1. The Kier molecular flexibility index (Phi) is 4.66. The number of benzene rings is 1. The summed E-state index contributed by atoms with van der Waals surface area (Å²) in [6.07, 6.45) is 5.82. The van der Waals surface area contributed by atoms with Crippen molar-refractivity contribution in [2.45, 2.75) is 26.2 Å². The van der Waals surface area contributed by atoms with Crippen LogP contribution in [0.2, 0.25) is 5.02 Å². The van der Waals surface area contributed by atoms with E-state index >= 15 is 0 Å². The maximum atomic E-state index is 13.3. The summed E-state index contributed by atoms with van der Waals surface area (Å²) in [6.45, 7) is 2.65. The van der Waals surface area contributed by atoms with Crippen LogP contribution in [0, 0.1) is 5.41 Å². The van der Waals surface area contributed by atoms with E-state index in [1.165, 1.54) is 0 Å². The van der Waals surface area contributed by atoms with Crippen molar-refractivity contribution < 1.29 is 4.79 Å². The first-order valence-electron chi connectivity index (χ1n) is 8.94. The molecule has 4 rings (SSSR count). The largest absolute Gasteiger partial charge is 0.279 e. The van der Waals surface area contributed by atoms with Crippen molar-refractivity contribution >= 4 is 23.5 Å². The molecule has 3 aromatic rings. The molecule has 1 N–H and O–H groups in total. The van der Waals surface area contributed by atoms with E-state index in [0.29, 0.717) is 29.8 Å². The second kappa shape index (κ2) is 7.12. The summed E-state index contributed by atoms with van der Waals surface area (Å²) in [7, 11) is 0. The number of carbonyl (C=O) groups is 1. The van der Waals surface area contributed by atoms with Crippen molar-refractivity contribution in [3.8, 4) is 11.4 Å². The molecule has 1 aliphatic heterocycles. The van der Waals surface area contributed by atoms with E-state index in [-0.39, 0.29) is 5.91 Å². The lowest BCUT2D eigenvalue weighted by molar-refractivity contribution is -0.129. The van der Waals surface area contributed by atoms with Crippen LogP contribution in [-0.2, 0) is 11.2 Å². The fraction of sp³-hybridized carbons (Fsp3) is 0.300. The van der Waals surface area contributed by atoms with Crippen molar-refractivity contribution in [3.63, 3.8) is 0 Å². The van der Waals surface area contributed by atoms with Gasteiger partial charge in [0, 0.05) is 29.5 Å². The molecule has 1 aliphatic rings. The lowest BCUT2D eigenvalue weighted by Crippen LogP contribution is -2.49. The molecule has 0 spiro atoms. The zero-order valence-electron chi connectivity index (χ0n) is 15.0. The van der Waals surface area contributed by atoms with Crippen LogP contribution in [0.25, 0.3) is 11.4 Å². The maximum absolute atomic E-state index is 13.3. The predicted molar refractivity (Wildman–Crippen MR) is 104 cm³/mol. The molecule has 2 aromatic heterocycles. The Labute approximate surface area is 162 Å². The van der Waals surface area contributed by atoms with Crippen molar-refractivity contribution in [1.82, 2.24) is 20.2 Å². The number of H-pyrrole nitrogens is 1. The van der Waals surface area contributed by atoms with E-state index in [9.17, 15) is 4.79 Å². The van der Waals surface area contributed by atoms with Crippen molar-refractivity contribution in [2.24, 2.45) is 5.41 Å². The fourth-order valence-electron chi connectivity index (χ4n) is 3.58. The minimum absolute atomic E-state index is 0.0592. The fourth-order valence-corrected chi connectivity index (χ4v) is 3.71. The first-order chi connectivity index (χ1) is 13.0. The van der Waals surface area contributed by atoms with Gasteiger partial charge in [-0.15, -0.1) is 5.10 Å². The lowest BCUT2D eigenvalue weighted by Gasteiger charge is -2.38. The van der Waals surface area contributed by atoms with Crippen LogP contribution in [0.3, 0.4) is 0 Å². The Hall–Kier alpha value is -2.73. The smallest absolute Gasteiger partial charge is 0.251 e. The normalized spacial score (nSPS) is 20.1.